The molecule has 4 aromatic rings. The molecule has 6 rings (SSSR count). The third-order valence-corrected chi connectivity index (χ3v) is 6.94. The molecular weight excluding hydrogens is 538 g/mol. The Labute approximate surface area is 241 Å². The normalized spacial score (nSPS) is 15.1. The van der Waals surface area contributed by atoms with Gasteiger partial charge in [0, 0.05) is 47.8 Å². The van der Waals surface area contributed by atoms with Gasteiger partial charge < -0.3 is 30.4 Å². The molecule has 0 amide bonds. The van der Waals surface area contributed by atoms with Crippen molar-refractivity contribution in [2.75, 3.05) is 32.5 Å². The number of fused-ring (bicyclic) bond motifs is 2. The SMILES string of the molecule is COc1cc(Cc2cnc(N)nc2N)cc(C(=O)/C=C/N2N=Cc3ccccc3C2c2cnc3c(c2)OCO3)c1OC. The number of pyridine rings is 1. The molecule has 12 heteroatoms. The van der Waals surface area contributed by atoms with Gasteiger partial charge in [-0.3, -0.25) is 9.80 Å². The third kappa shape index (κ3) is 5.01. The van der Waals surface area contributed by atoms with E-state index in [4.69, 9.17) is 30.4 Å². The number of anilines is 2. The number of hydrogen-bond acceptors (Lipinski definition) is 12. The quantitative estimate of drug-likeness (QED) is 0.238. The smallest absolute Gasteiger partial charge is 0.260 e. The number of allylic oxidation sites excluding steroid dienone is 1. The number of carbonyl (C=O) groups is 1. The van der Waals surface area contributed by atoms with Crippen LogP contribution in [-0.4, -0.2) is 53.0 Å². The van der Waals surface area contributed by atoms with E-state index in [0.29, 0.717) is 40.7 Å². The van der Waals surface area contributed by atoms with Crippen LogP contribution in [0, 0.1) is 0 Å². The monoisotopic (exact) mass is 565 g/mol. The fraction of sp³-hybridized carbons (Fsp3) is 0.167. The minimum Gasteiger partial charge on any atom is -0.493 e. The summed E-state index contributed by atoms with van der Waals surface area (Å²) in [5.74, 6) is 1.74. The Morgan fingerprint density at radius 2 is 1.95 bits per heavy atom. The van der Waals surface area contributed by atoms with E-state index >= 15 is 0 Å². The molecule has 2 aromatic heterocycles. The first kappa shape index (κ1) is 26.6. The number of ether oxygens (including phenoxy) is 4. The molecule has 2 aromatic carbocycles. The lowest BCUT2D eigenvalue weighted by Crippen LogP contribution is -2.25. The number of ketones is 1. The molecule has 2 aliphatic heterocycles. The van der Waals surface area contributed by atoms with Gasteiger partial charge in [0.05, 0.1) is 26.0 Å². The average Bonchev–Trinajstić information content (AvgIpc) is 3.48. The van der Waals surface area contributed by atoms with Crippen molar-refractivity contribution >= 4 is 23.8 Å². The van der Waals surface area contributed by atoms with Gasteiger partial charge in [-0.15, -0.1) is 0 Å². The molecule has 0 bridgehead atoms. The van der Waals surface area contributed by atoms with E-state index in [1.165, 1.54) is 20.3 Å². The Morgan fingerprint density at radius 3 is 2.76 bits per heavy atom. The Kier molecular flexibility index (Phi) is 7.01. The first-order chi connectivity index (χ1) is 20.4. The number of nitrogen functional groups attached to an aromatic ring is 2. The van der Waals surface area contributed by atoms with E-state index in [2.05, 4.69) is 20.1 Å². The molecule has 0 spiro atoms. The molecule has 42 heavy (non-hydrogen) atoms. The number of aromatic nitrogens is 3. The lowest BCUT2D eigenvalue weighted by Gasteiger charge is -2.31. The summed E-state index contributed by atoms with van der Waals surface area (Å²) in [7, 11) is 2.99. The number of hydrazone groups is 1. The standard InChI is InChI=1S/C30H27N7O5/c1-39-24-11-17(9-20-14-34-30(32)36-28(20)31)10-22(27(24)40-2)23(38)7-8-37-26(21-6-4-3-5-18(21)15-35-37)19-12-25-29(33-13-19)42-16-41-25/h3-8,10-15,26H,9,16H2,1-2H3,(H4,31,32,34,36)/b8-7+. The van der Waals surface area contributed by atoms with Crippen molar-refractivity contribution in [2.45, 2.75) is 12.5 Å². The van der Waals surface area contributed by atoms with Crippen LogP contribution in [0.1, 0.15) is 44.2 Å². The van der Waals surface area contributed by atoms with Crippen molar-refractivity contribution in [2.24, 2.45) is 5.10 Å². The molecule has 0 aliphatic carbocycles. The van der Waals surface area contributed by atoms with Gasteiger partial charge in [-0.05, 0) is 29.3 Å². The molecule has 4 heterocycles. The number of benzene rings is 2. The molecule has 2 aliphatic rings. The van der Waals surface area contributed by atoms with E-state index in [1.54, 1.807) is 41.9 Å². The zero-order chi connectivity index (χ0) is 29.2. The van der Waals surface area contributed by atoms with Crippen molar-refractivity contribution in [3.05, 3.63) is 101 Å². The number of rotatable bonds is 8. The van der Waals surface area contributed by atoms with E-state index < -0.39 is 0 Å². The predicted molar refractivity (Wildman–Crippen MR) is 155 cm³/mol. The van der Waals surface area contributed by atoms with Crippen molar-refractivity contribution in [1.29, 1.82) is 0 Å². The Morgan fingerprint density at radius 1 is 1.10 bits per heavy atom. The fourth-order valence-corrected chi connectivity index (χ4v) is 4.96. The summed E-state index contributed by atoms with van der Waals surface area (Å²) in [5.41, 5.74) is 16.2. The van der Waals surface area contributed by atoms with Crippen LogP contribution in [0.2, 0.25) is 0 Å². The highest BCUT2D eigenvalue weighted by molar-refractivity contribution is 6.07. The van der Waals surface area contributed by atoms with Crippen LogP contribution in [0.25, 0.3) is 0 Å². The fourth-order valence-electron chi connectivity index (χ4n) is 4.96. The summed E-state index contributed by atoms with van der Waals surface area (Å²) in [6.45, 7) is 0.117. The Balaban J connectivity index is 1.34. The highest BCUT2D eigenvalue weighted by Crippen LogP contribution is 2.39. The molecule has 0 saturated carbocycles. The molecule has 12 nitrogen and oxygen atoms in total. The van der Waals surface area contributed by atoms with Gasteiger partial charge in [-0.2, -0.15) is 10.1 Å². The van der Waals surface area contributed by atoms with E-state index in [9.17, 15) is 4.79 Å². The summed E-state index contributed by atoms with van der Waals surface area (Å²) in [5, 5.41) is 6.34. The summed E-state index contributed by atoms with van der Waals surface area (Å²) < 4.78 is 22.1. The van der Waals surface area contributed by atoms with Gasteiger partial charge in [0.15, 0.2) is 23.0 Å². The van der Waals surface area contributed by atoms with Crippen LogP contribution in [0.4, 0.5) is 11.8 Å². The first-order valence-electron chi connectivity index (χ1n) is 13.0. The predicted octanol–water partition coefficient (Wildman–Crippen LogP) is 3.51. The second-order valence-electron chi connectivity index (χ2n) is 9.51. The molecule has 4 N–H and O–H groups in total. The van der Waals surface area contributed by atoms with Gasteiger partial charge in [0.1, 0.15) is 11.9 Å². The van der Waals surface area contributed by atoms with Crippen molar-refractivity contribution in [3.63, 3.8) is 0 Å². The molecule has 0 saturated heterocycles. The second kappa shape index (κ2) is 11.1. The van der Waals surface area contributed by atoms with Gasteiger partial charge in [-0.1, -0.05) is 24.3 Å². The zero-order valence-corrected chi connectivity index (χ0v) is 22.9. The average molecular weight is 566 g/mol. The Hall–Kier alpha value is -5.65. The van der Waals surface area contributed by atoms with Crippen LogP contribution in [0.3, 0.4) is 0 Å². The maximum absolute atomic E-state index is 13.7. The first-order valence-corrected chi connectivity index (χ1v) is 13.0. The number of carbonyl (C=O) groups excluding carboxylic acids is 1. The van der Waals surface area contributed by atoms with Crippen molar-refractivity contribution in [3.8, 4) is 23.1 Å². The van der Waals surface area contributed by atoms with Crippen molar-refractivity contribution < 1.29 is 23.7 Å². The van der Waals surface area contributed by atoms with Crippen LogP contribution < -0.4 is 30.4 Å². The zero-order valence-electron chi connectivity index (χ0n) is 22.9. The topological polar surface area (TPSA) is 160 Å². The van der Waals surface area contributed by atoms with Gasteiger partial charge in [0.2, 0.25) is 12.7 Å². The van der Waals surface area contributed by atoms with Crippen LogP contribution in [0.5, 0.6) is 23.1 Å². The summed E-state index contributed by atoms with van der Waals surface area (Å²) in [6, 6.07) is 12.9. The summed E-state index contributed by atoms with van der Waals surface area (Å²) in [4.78, 5) is 26.1. The highest BCUT2D eigenvalue weighted by atomic mass is 16.7. The van der Waals surface area contributed by atoms with E-state index in [1.807, 2.05) is 30.3 Å². The molecule has 1 unspecified atom stereocenters. The molecule has 212 valence electrons. The lowest BCUT2D eigenvalue weighted by molar-refractivity contribution is 0.104. The lowest BCUT2D eigenvalue weighted by atomic mass is 9.94. The maximum Gasteiger partial charge on any atom is 0.260 e. The minimum absolute atomic E-state index is 0.0856. The molecule has 0 fully saturated rings. The number of nitrogens with zero attached hydrogens (tertiary/aromatic N) is 5. The largest absolute Gasteiger partial charge is 0.493 e. The minimum atomic E-state index is -0.367. The van der Waals surface area contributed by atoms with Crippen LogP contribution >= 0.6 is 0 Å². The Bertz CT molecular complexity index is 1740. The van der Waals surface area contributed by atoms with Gasteiger partial charge in [-0.25, -0.2) is 9.97 Å². The van der Waals surface area contributed by atoms with Crippen molar-refractivity contribution in [1.82, 2.24) is 20.0 Å². The summed E-state index contributed by atoms with van der Waals surface area (Å²) >= 11 is 0. The molecule has 0 radical (unpaired) electrons. The molecular formula is C30H27N7O5. The number of methoxy groups -OCH3 is 2. The third-order valence-electron chi connectivity index (χ3n) is 6.94. The number of hydrogen-bond donors (Lipinski definition) is 2. The van der Waals surface area contributed by atoms with Gasteiger partial charge >= 0.3 is 0 Å². The second-order valence-corrected chi connectivity index (χ2v) is 9.51. The van der Waals surface area contributed by atoms with Crippen LogP contribution in [-0.2, 0) is 6.42 Å². The molecule has 1 atom stereocenters. The number of nitrogens with two attached hydrogens (primary N) is 2. The maximum atomic E-state index is 13.7. The van der Waals surface area contributed by atoms with Crippen LogP contribution in [0.15, 0.2) is 72.2 Å². The van der Waals surface area contributed by atoms with E-state index in [-0.39, 0.29) is 30.4 Å². The summed E-state index contributed by atoms with van der Waals surface area (Å²) in [6.07, 6.45) is 8.47. The highest BCUT2D eigenvalue weighted by Gasteiger charge is 2.28. The van der Waals surface area contributed by atoms with E-state index in [0.717, 1.165) is 22.3 Å². The van der Waals surface area contributed by atoms with Gasteiger partial charge in [0.25, 0.3) is 5.88 Å².